The lowest BCUT2D eigenvalue weighted by atomic mass is 10.2. The number of nitrogens with two attached hydrogens (primary N) is 1. The largest absolute Gasteiger partial charge is 0.351 e. The van der Waals surface area contributed by atoms with Gasteiger partial charge in [0.05, 0.1) is 18.4 Å². The van der Waals surface area contributed by atoms with Crippen molar-refractivity contribution in [1.82, 2.24) is 29.4 Å². The summed E-state index contributed by atoms with van der Waals surface area (Å²) in [5.41, 5.74) is 8.60. The lowest BCUT2D eigenvalue weighted by Crippen LogP contribution is -2.35. The highest BCUT2D eigenvalue weighted by atomic mass is 16.2. The van der Waals surface area contributed by atoms with Gasteiger partial charge in [-0.15, -0.1) is 5.10 Å². The van der Waals surface area contributed by atoms with Crippen molar-refractivity contribution in [3.05, 3.63) is 60.7 Å². The third-order valence-corrected chi connectivity index (χ3v) is 4.03. The van der Waals surface area contributed by atoms with E-state index in [1.54, 1.807) is 46.1 Å². The molecule has 0 saturated carbocycles. The highest BCUT2D eigenvalue weighted by molar-refractivity contribution is 5.90. The molecule has 9 heteroatoms. The highest BCUT2D eigenvalue weighted by Gasteiger charge is 2.16. The molecule has 0 aliphatic carbocycles. The maximum Gasteiger partial charge on any atom is 0.319 e. The minimum Gasteiger partial charge on any atom is -0.351 e. The molecule has 4 heterocycles. The molecule has 0 saturated heterocycles. The molecule has 26 heavy (non-hydrogen) atoms. The average Bonchev–Trinajstić information content (AvgIpc) is 3.25. The molecule has 2 N–H and O–H groups in total. The molecule has 0 aliphatic heterocycles. The van der Waals surface area contributed by atoms with Crippen molar-refractivity contribution >= 4 is 17.4 Å². The SMILES string of the molecule is Cn1nccc1-c1nc2ccc(N(Cc3ccncc3)C(N)=O)cn2n1. The molecule has 0 unspecified atom stereocenters. The van der Waals surface area contributed by atoms with Gasteiger partial charge >= 0.3 is 6.03 Å². The number of anilines is 1. The van der Waals surface area contributed by atoms with Gasteiger partial charge in [0.15, 0.2) is 11.5 Å². The van der Waals surface area contributed by atoms with Gasteiger partial charge in [0.2, 0.25) is 0 Å². The Kier molecular flexibility index (Phi) is 3.81. The normalized spacial score (nSPS) is 11.0. The summed E-state index contributed by atoms with van der Waals surface area (Å²) in [6, 6.07) is 8.56. The van der Waals surface area contributed by atoms with Gasteiger partial charge in [-0.25, -0.2) is 14.3 Å². The second-order valence-corrected chi connectivity index (χ2v) is 5.75. The van der Waals surface area contributed by atoms with E-state index in [4.69, 9.17) is 5.73 Å². The predicted molar refractivity (Wildman–Crippen MR) is 95.2 cm³/mol. The van der Waals surface area contributed by atoms with Gasteiger partial charge in [0.25, 0.3) is 0 Å². The van der Waals surface area contributed by atoms with Crippen LogP contribution in [0.4, 0.5) is 10.5 Å². The van der Waals surface area contributed by atoms with Crippen LogP contribution in [-0.2, 0) is 13.6 Å². The second-order valence-electron chi connectivity index (χ2n) is 5.75. The summed E-state index contributed by atoms with van der Waals surface area (Å²) >= 11 is 0. The molecular formula is C17H16N8O. The summed E-state index contributed by atoms with van der Waals surface area (Å²) in [5, 5.41) is 8.61. The molecule has 4 aromatic rings. The van der Waals surface area contributed by atoms with E-state index in [1.165, 1.54) is 4.90 Å². The van der Waals surface area contributed by atoms with Crippen molar-refractivity contribution in [2.45, 2.75) is 6.54 Å². The summed E-state index contributed by atoms with van der Waals surface area (Å²) in [5.74, 6) is 0.557. The van der Waals surface area contributed by atoms with Crippen molar-refractivity contribution in [2.75, 3.05) is 4.90 Å². The van der Waals surface area contributed by atoms with E-state index in [-0.39, 0.29) is 0 Å². The molecule has 0 aromatic carbocycles. The molecule has 0 radical (unpaired) electrons. The fourth-order valence-electron chi connectivity index (χ4n) is 2.70. The predicted octanol–water partition coefficient (Wildman–Crippen LogP) is 1.61. The second kappa shape index (κ2) is 6.28. The maximum absolute atomic E-state index is 12.0. The van der Waals surface area contributed by atoms with Gasteiger partial charge in [0, 0.05) is 25.6 Å². The van der Waals surface area contributed by atoms with E-state index in [9.17, 15) is 4.79 Å². The van der Waals surface area contributed by atoms with E-state index in [0.29, 0.717) is 23.7 Å². The molecule has 0 fully saturated rings. The molecule has 130 valence electrons. The van der Waals surface area contributed by atoms with Crippen LogP contribution in [0, 0.1) is 0 Å². The van der Waals surface area contributed by atoms with Crippen LogP contribution in [0.1, 0.15) is 5.56 Å². The number of urea groups is 1. The minimum atomic E-state index is -0.548. The molecule has 0 atom stereocenters. The molecular weight excluding hydrogens is 332 g/mol. The first-order chi connectivity index (χ1) is 12.6. The van der Waals surface area contributed by atoms with Crippen LogP contribution in [0.5, 0.6) is 0 Å². The zero-order valence-electron chi connectivity index (χ0n) is 14.0. The molecule has 0 bridgehead atoms. The summed E-state index contributed by atoms with van der Waals surface area (Å²) in [6.07, 6.45) is 6.77. The van der Waals surface area contributed by atoms with Crippen molar-refractivity contribution < 1.29 is 4.79 Å². The van der Waals surface area contributed by atoms with Gasteiger partial charge in [-0.1, -0.05) is 0 Å². The Hall–Kier alpha value is -3.75. The zero-order valence-corrected chi connectivity index (χ0v) is 14.0. The first kappa shape index (κ1) is 15.8. The third kappa shape index (κ3) is 2.86. The minimum absolute atomic E-state index is 0.340. The summed E-state index contributed by atoms with van der Waals surface area (Å²) < 4.78 is 3.33. The van der Waals surface area contributed by atoms with Crippen LogP contribution in [0.2, 0.25) is 0 Å². The van der Waals surface area contributed by atoms with E-state index in [0.717, 1.165) is 11.3 Å². The number of amides is 2. The Bertz CT molecular complexity index is 1070. The molecule has 0 spiro atoms. The van der Waals surface area contributed by atoms with Crippen LogP contribution in [0.3, 0.4) is 0 Å². The van der Waals surface area contributed by atoms with E-state index < -0.39 is 6.03 Å². The lowest BCUT2D eigenvalue weighted by Gasteiger charge is -2.20. The van der Waals surface area contributed by atoms with Crippen molar-refractivity contribution in [3.8, 4) is 11.5 Å². The molecule has 2 amide bonds. The Morgan fingerprint density at radius 1 is 1.15 bits per heavy atom. The number of fused-ring (bicyclic) bond motifs is 1. The zero-order chi connectivity index (χ0) is 18.1. The summed E-state index contributed by atoms with van der Waals surface area (Å²) in [6.45, 7) is 0.340. The van der Waals surface area contributed by atoms with E-state index in [1.807, 2.05) is 25.2 Å². The fourth-order valence-corrected chi connectivity index (χ4v) is 2.70. The number of nitrogens with zero attached hydrogens (tertiary/aromatic N) is 7. The Morgan fingerprint density at radius 3 is 2.65 bits per heavy atom. The number of carbonyl (C=O) groups excluding carboxylic acids is 1. The molecule has 4 aromatic heterocycles. The number of hydrogen-bond acceptors (Lipinski definition) is 5. The van der Waals surface area contributed by atoms with Crippen LogP contribution in [-0.4, -0.2) is 35.4 Å². The highest BCUT2D eigenvalue weighted by Crippen LogP contribution is 2.20. The number of pyridine rings is 2. The number of hydrogen-bond donors (Lipinski definition) is 1. The van der Waals surface area contributed by atoms with Gasteiger partial charge in [-0.2, -0.15) is 5.10 Å². The monoisotopic (exact) mass is 348 g/mol. The van der Waals surface area contributed by atoms with Gasteiger partial charge in [-0.05, 0) is 35.9 Å². The van der Waals surface area contributed by atoms with Gasteiger partial charge in [-0.3, -0.25) is 14.6 Å². The standard InChI is InChI=1S/C17H16N8O/c1-23-14(6-9-20-23)16-21-15-3-2-13(11-25(15)22-16)24(17(18)26)10-12-4-7-19-8-5-12/h2-9,11H,10H2,1H3,(H2,18,26). The quantitative estimate of drug-likeness (QED) is 0.603. The number of primary amides is 1. The number of aromatic nitrogens is 6. The summed E-state index contributed by atoms with van der Waals surface area (Å²) in [7, 11) is 1.83. The lowest BCUT2D eigenvalue weighted by molar-refractivity contribution is 0.253. The molecule has 9 nitrogen and oxygen atoms in total. The fraction of sp³-hybridized carbons (Fsp3) is 0.118. The van der Waals surface area contributed by atoms with E-state index in [2.05, 4.69) is 20.2 Å². The number of aryl methyl sites for hydroxylation is 1. The van der Waals surface area contributed by atoms with Crippen LogP contribution < -0.4 is 10.6 Å². The Morgan fingerprint density at radius 2 is 1.96 bits per heavy atom. The first-order valence-electron chi connectivity index (χ1n) is 7.92. The number of rotatable bonds is 4. The number of carbonyl (C=O) groups is 1. The van der Waals surface area contributed by atoms with Crippen molar-refractivity contribution in [3.63, 3.8) is 0 Å². The Balaban J connectivity index is 1.71. The topological polar surface area (TPSA) is 107 Å². The van der Waals surface area contributed by atoms with Crippen molar-refractivity contribution in [2.24, 2.45) is 12.8 Å². The van der Waals surface area contributed by atoms with Crippen LogP contribution >= 0.6 is 0 Å². The van der Waals surface area contributed by atoms with Gasteiger partial charge < -0.3 is 5.73 Å². The maximum atomic E-state index is 12.0. The van der Waals surface area contributed by atoms with Crippen LogP contribution in [0.15, 0.2) is 55.1 Å². The molecule has 0 aliphatic rings. The smallest absolute Gasteiger partial charge is 0.319 e. The van der Waals surface area contributed by atoms with Crippen LogP contribution in [0.25, 0.3) is 17.2 Å². The third-order valence-electron chi connectivity index (χ3n) is 4.03. The molecule has 4 rings (SSSR count). The van der Waals surface area contributed by atoms with E-state index >= 15 is 0 Å². The van der Waals surface area contributed by atoms with Gasteiger partial charge in [0.1, 0.15) is 5.69 Å². The Labute approximate surface area is 148 Å². The average molecular weight is 348 g/mol. The first-order valence-corrected chi connectivity index (χ1v) is 7.92. The summed E-state index contributed by atoms with van der Waals surface area (Å²) in [4.78, 5) is 21.9. The van der Waals surface area contributed by atoms with Crippen molar-refractivity contribution in [1.29, 1.82) is 0 Å².